The highest BCUT2D eigenvalue weighted by atomic mass is 15.2. The molecule has 16 heavy (non-hydrogen) atoms. The predicted octanol–water partition coefficient (Wildman–Crippen LogP) is 3.62. The predicted molar refractivity (Wildman–Crippen MR) is 71.0 cm³/mol. The van der Waals surface area contributed by atoms with Gasteiger partial charge in [-0.05, 0) is 31.1 Å². The summed E-state index contributed by atoms with van der Waals surface area (Å²) in [6, 6.07) is 0.567. The van der Waals surface area contributed by atoms with Gasteiger partial charge in [-0.2, -0.15) is 0 Å². The van der Waals surface area contributed by atoms with Crippen molar-refractivity contribution in [3.63, 3.8) is 0 Å². The Balaban J connectivity index is 2.24. The van der Waals surface area contributed by atoms with Crippen LogP contribution in [0, 0.1) is 11.8 Å². The minimum Gasteiger partial charge on any atom is -0.271 e. The largest absolute Gasteiger partial charge is 0.271 e. The normalized spacial score (nSPS) is 27.9. The molecule has 0 amide bonds. The SMILES string of the molecule is CCCCC1CCC(C(CCC)NN)CC1. The van der Waals surface area contributed by atoms with Crippen molar-refractivity contribution in [1.29, 1.82) is 0 Å². The van der Waals surface area contributed by atoms with Gasteiger partial charge in [0.05, 0.1) is 0 Å². The fraction of sp³-hybridized carbons (Fsp3) is 1.00. The third kappa shape index (κ3) is 4.42. The van der Waals surface area contributed by atoms with E-state index in [0.717, 1.165) is 11.8 Å². The number of nitrogens with two attached hydrogens (primary N) is 1. The maximum atomic E-state index is 5.65. The van der Waals surface area contributed by atoms with Crippen molar-refractivity contribution in [2.45, 2.75) is 77.7 Å². The number of hydrogen-bond donors (Lipinski definition) is 2. The quantitative estimate of drug-likeness (QED) is 0.514. The third-order valence-corrected chi connectivity index (χ3v) is 4.24. The van der Waals surface area contributed by atoms with Gasteiger partial charge >= 0.3 is 0 Å². The van der Waals surface area contributed by atoms with E-state index in [1.807, 2.05) is 0 Å². The van der Waals surface area contributed by atoms with Crippen molar-refractivity contribution < 1.29 is 0 Å². The van der Waals surface area contributed by atoms with E-state index in [2.05, 4.69) is 19.3 Å². The van der Waals surface area contributed by atoms with E-state index >= 15 is 0 Å². The molecule has 0 radical (unpaired) electrons. The lowest BCUT2D eigenvalue weighted by Gasteiger charge is -2.33. The molecule has 1 aliphatic rings. The van der Waals surface area contributed by atoms with Gasteiger partial charge in [0, 0.05) is 6.04 Å². The van der Waals surface area contributed by atoms with Gasteiger partial charge in [0.15, 0.2) is 0 Å². The average Bonchev–Trinajstić information content (AvgIpc) is 2.34. The summed E-state index contributed by atoms with van der Waals surface area (Å²) in [5.74, 6) is 7.50. The van der Waals surface area contributed by atoms with Crippen molar-refractivity contribution in [2.75, 3.05) is 0 Å². The molecule has 0 aromatic heterocycles. The fourth-order valence-corrected chi connectivity index (χ4v) is 3.14. The van der Waals surface area contributed by atoms with E-state index in [4.69, 9.17) is 5.84 Å². The Morgan fingerprint density at radius 1 is 1.12 bits per heavy atom. The zero-order chi connectivity index (χ0) is 11.8. The molecule has 0 heterocycles. The van der Waals surface area contributed by atoms with Crippen molar-refractivity contribution >= 4 is 0 Å². The number of hydrogen-bond acceptors (Lipinski definition) is 2. The summed E-state index contributed by atoms with van der Waals surface area (Å²) >= 11 is 0. The molecule has 1 unspecified atom stereocenters. The van der Waals surface area contributed by atoms with Crippen LogP contribution in [0.3, 0.4) is 0 Å². The lowest BCUT2D eigenvalue weighted by Crippen LogP contribution is -2.42. The molecule has 0 aromatic rings. The van der Waals surface area contributed by atoms with E-state index in [0.29, 0.717) is 6.04 Å². The van der Waals surface area contributed by atoms with Crippen molar-refractivity contribution in [3.05, 3.63) is 0 Å². The zero-order valence-electron chi connectivity index (χ0n) is 11.2. The van der Waals surface area contributed by atoms with Gasteiger partial charge in [-0.25, -0.2) is 0 Å². The Morgan fingerprint density at radius 2 is 1.81 bits per heavy atom. The van der Waals surface area contributed by atoms with Crippen molar-refractivity contribution in [3.8, 4) is 0 Å². The van der Waals surface area contributed by atoms with Crippen LogP contribution in [0.15, 0.2) is 0 Å². The highest BCUT2D eigenvalue weighted by Crippen LogP contribution is 2.34. The summed E-state index contributed by atoms with van der Waals surface area (Å²) in [6.07, 6.45) is 12.4. The van der Waals surface area contributed by atoms with E-state index in [1.54, 1.807) is 0 Å². The zero-order valence-corrected chi connectivity index (χ0v) is 11.2. The second kappa shape index (κ2) is 8.08. The Bertz CT molecular complexity index is 162. The summed E-state index contributed by atoms with van der Waals surface area (Å²) in [5.41, 5.74) is 3.03. The van der Waals surface area contributed by atoms with Crippen LogP contribution in [0.5, 0.6) is 0 Å². The summed E-state index contributed by atoms with van der Waals surface area (Å²) < 4.78 is 0. The third-order valence-electron chi connectivity index (χ3n) is 4.24. The molecule has 0 saturated heterocycles. The molecule has 2 heteroatoms. The highest BCUT2D eigenvalue weighted by molar-refractivity contribution is 4.80. The maximum Gasteiger partial charge on any atom is 0.0238 e. The van der Waals surface area contributed by atoms with E-state index in [1.165, 1.54) is 57.8 Å². The monoisotopic (exact) mass is 226 g/mol. The van der Waals surface area contributed by atoms with Gasteiger partial charge < -0.3 is 0 Å². The highest BCUT2D eigenvalue weighted by Gasteiger charge is 2.26. The Labute approximate surface area is 101 Å². The number of nitrogens with one attached hydrogen (secondary N) is 1. The molecule has 0 bridgehead atoms. The topological polar surface area (TPSA) is 38.0 Å². The minimum absolute atomic E-state index is 0.567. The van der Waals surface area contributed by atoms with Gasteiger partial charge in [0.25, 0.3) is 0 Å². The van der Waals surface area contributed by atoms with Crippen LogP contribution in [-0.2, 0) is 0 Å². The molecular formula is C14H30N2. The second-order valence-electron chi connectivity index (χ2n) is 5.48. The van der Waals surface area contributed by atoms with E-state index in [-0.39, 0.29) is 0 Å². The average molecular weight is 226 g/mol. The summed E-state index contributed by atoms with van der Waals surface area (Å²) in [4.78, 5) is 0. The van der Waals surface area contributed by atoms with Crippen LogP contribution in [0.4, 0.5) is 0 Å². The molecule has 2 nitrogen and oxygen atoms in total. The lowest BCUT2D eigenvalue weighted by molar-refractivity contribution is 0.206. The van der Waals surface area contributed by atoms with Crippen LogP contribution < -0.4 is 11.3 Å². The van der Waals surface area contributed by atoms with Crippen LogP contribution in [0.25, 0.3) is 0 Å². The van der Waals surface area contributed by atoms with Gasteiger partial charge in [0.1, 0.15) is 0 Å². The first-order chi connectivity index (χ1) is 7.81. The molecule has 3 N–H and O–H groups in total. The first kappa shape index (κ1) is 14.0. The second-order valence-corrected chi connectivity index (χ2v) is 5.48. The van der Waals surface area contributed by atoms with Crippen LogP contribution >= 0.6 is 0 Å². The number of hydrazine groups is 1. The Kier molecular flexibility index (Phi) is 7.06. The van der Waals surface area contributed by atoms with Gasteiger partial charge in [-0.3, -0.25) is 11.3 Å². The molecule has 1 atom stereocenters. The first-order valence-electron chi connectivity index (χ1n) is 7.27. The first-order valence-corrected chi connectivity index (χ1v) is 7.27. The number of unbranched alkanes of at least 4 members (excludes halogenated alkanes) is 1. The van der Waals surface area contributed by atoms with Gasteiger partial charge in [-0.15, -0.1) is 0 Å². The molecule has 1 saturated carbocycles. The van der Waals surface area contributed by atoms with Gasteiger partial charge in [0.2, 0.25) is 0 Å². The fourth-order valence-electron chi connectivity index (χ4n) is 3.14. The van der Waals surface area contributed by atoms with Crippen LogP contribution in [0.1, 0.15) is 71.6 Å². The molecule has 1 fully saturated rings. The molecule has 0 spiro atoms. The maximum absolute atomic E-state index is 5.65. The molecule has 1 aliphatic carbocycles. The summed E-state index contributed by atoms with van der Waals surface area (Å²) in [5, 5.41) is 0. The van der Waals surface area contributed by atoms with Crippen LogP contribution in [0.2, 0.25) is 0 Å². The van der Waals surface area contributed by atoms with E-state index < -0.39 is 0 Å². The van der Waals surface area contributed by atoms with Gasteiger partial charge in [-0.1, -0.05) is 52.4 Å². The van der Waals surface area contributed by atoms with Crippen LogP contribution in [-0.4, -0.2) is 6.04 Å². The molecule has 96 valence electrons. The standard InChI is InChI=1S/C14H30N2/c1-3-5-7-12-8-10-13(11-9-12)14(16-15)6-4-2/h12-14,16H,3-11,15H2,1-2H3. The smallest absolute Gasteiger partial charge is 0.0238 e. The molecular weight excluding hydrogens is 196 g/mol. The number of rotatable bonds is 7. The Hall–Kier alpha value is -0.0800. The lowest BCUT2D eigenvalue weighted by atomic mass is 9.76. The summed E-state index contributed by atoms with van der Waals surface area (Å²) in [6.45, 7) is 4.54. The molecule has 1 rings (SSSR count). The molecule has 0 aliphatic heterocycles. The van der Waals surface area contributed by atoms with E-state index in [9.17, 15) is 0 Å². The molecule has 0 aromatic carbocycles. The minimum atomic E-state index is 0.567. The Morgan fingerprint density at radius 3 is 2.31 bits per heavy atom. The van der Waals surface area contributed by atoms with Crippen molar-refractivity contribution in [2.24, 2.45) is 17.7 Å². The van der Waals surface area contributed by atoms with Crippen molar-refractivity contribution in [1.82, 2.24) is 5.43 Å². The summed E-state index contributed by atoms with van der Waals surface area (Å²) in [7, 11) is 0.